The van der Waals surface area contributed by atoms with Gasteiger partial charge in [0.15, 0.2) is 5.41 Å². The molecule has 0 aromatic carbocycles. The molecule has 0 fully saturated rings. The molecule has 0 aromatic heterocycles. The van der Waals surface area contributed by atoms with Gasteiger partial charge in [0, 0.05) is 6.61 Å². The zero-order valence-electron chi connectivity index (χ0n) is 16.3. The van der Waals surface area contributed by atoms with Gasteiger partial charge in [-0.15, -0.1) is 0 Å². The van der Waals surface area contributed by atoms with Crippen LogP contribution in [0, 0.1) is 23.2 Å². The van der Waals surface area contributed by atoms with Crippen LogP contribution < -0.4 is 0 Å². The van der Waals surface area contributed by atoms with E-state index in [-0.39, 0.29) is 0 Å². The van der Waals surface area contributed by atoms with Crippen LogP contribution in [0.1, 0.15) is 33.1 Å². The fraction of sp³-hybridized carbons (Fsp3) is 1.00. The quantitative estimate of drug-likeness (QED) is 0.286. The summed E-state index contributed by atoms with van der Waals surface area (Å²) in [6, 6.07) is 0. The van der Waals surface area contributed by atoms with Crippen LogP contribution in [0.25, 0.3) is 0 Å². The second-order valence-corrected chi connectivity index (χ2v) is 7.03. The monoisotopic (exact) mass is 512 g/mol. The highest BCUT2D eigenvalue weighted by Crippen LogP contribution is 2.66. The van der Waals surface area contributed by atoms with Gasteiger partial charge in [-0.1, -0.05) is 13.3 Å². The van der Waals surface area contributed by atoms with Crippen LogP contribution in [0.2, 0.25) is 0 Å². The van der Waals surface area contributed by atoms with Crippen molar-refractivity contribution in [3.8, 4) is 0 Å². The van der Waals surface area contributed by atoms with Crippen LogP contribution in [0.5, 0.6) is 0 Å². The van der Waals surface area contributed by atoms with Crippen molar-refractivity contribution in [1.29, 1.82) is 0 Å². The minimum atomic E-state index is -7.18. The van der Waals surface area contributed by atoms with E-state index >= 15 is 0 Å². The third kappa shape index (κ3) is 6.95. The van der Waals surface area contributed by atoms with Gasteiger partial charge in [-0.2, -0.15) is 65.9 Å². The summed E-state index contributed by atoms with van der Waals surface area (Å²) in [6.07, 6.45) is -39.5. The first kappa shape index (κ1) is 30.9. The highest BCUT2D eigenvalue weighted by Gasteiger charge is 2.81. The lowest BCUT2D eigenvalue weighted by molar-refractivity contribution is -0.416. The average molecular weight is 512 g/mol. The van der Waals surface area contributed by atoms with Gasteiger partial charge < -0.3 is 4.74 Å². The fourth-order valence-corrected chi connectivity index (χ4v) is 3.47. The largest absolute Gasteiger partial charge is 0.403 e. The summed E-state index contributed by atoms with van der Waals surface area (Å²) in [5.41, 5.74) is -6.41. The molecule has 16 heteroatoms. The molecule has 0 spiro atoms. The van der Waals surface area contributed by atoms with Crippen molar-refractivity contribution in [3.05, 3.63) is 0 Å². The lowest BCUT2D eigenvalue weighted by Gasteiger charge is -2.48. The third-order valence-electron chi connectivity index (χ3n) is 4.87. The van der Waals surface area contributed by atoms with Gasteiger partial charge in [-0.25, -0.2) is 0 Å². The van der Waals surface area contributed by atoms with Crippen molar-refractivity contribution in [2.24, 2.45) is 23.2 Å². The summed E-state index contributed by atoms with van der Waals surface area (Å²) in [4.78, 5) is 0. The van der Waals surface area contributed by atoms with E-state index < -0.39 is 86.5 Å². The predicted molar refractivity (Wildman–Crippen MR) is 79.2 cm³/mol. The van der Waals surface area contributed by atoms with E-state index in [0.717, 1.165) is 13.8 Å². The van der Waals surface area contributed by atoms with E-state index in [2.05, 4.69) is 4.74 Å². The van der Waals surface area contributed by atoms with Gasteiger partial charge in [-0.05, 0) is 19.8 Å². The van der Waals surface area contributed by atoms with Crippen LogP contribution in [-0.4, -0.2) is 44.1 Å². The van der Waals surface area contributed by atoms with E-state index in [4.69, 9.17) is 0 Å². The summed E-state index contributed by atoms with van der Waals surface area (Å²) >= 11 is 0. The number of alkyl halides is 15. The Balaban J connectivity index is 7.34. The fourth-order valence-electron chi connectivity index (χ4n) is 3.47. The second kappa shape index (κ2) is 10.0. The van der Waals surface area contributed by atoms with Crippen molar-refractivity contribution < 1.29 is 70.6 Å². The predicted octanol–water partition coefficient (Wildman–Crippen LogP) is 7.86. The molecule has 0 saturated heterocycles. The van der Waals surface area contributed by atoms with Crippen LogP contribution >= 0.6 is 0 Å². The van der Waals surface area contributed by atoms with Crippen LogP contribution in [0.4, 0.5) is 65.9 Å². The maximum atomic E-state index is 13.7. The van der Waals surface area contributed by atoms with Gasteiger partial charge in [0.25, 0.3) is 0 Å². The molecule has 0 aliphatic carbocycles. The molecule has 0 rings (SSSR count). The number of rotatable bonds is 9. The third-order valence-corrected chi connectivity index (χ3v) is 4.87. The molecular formula is C16H19F15O. The highest BCUT2D eigenvalue weighted by molar-refractivity contribution is 5.05. The zero-order valence-corrected chi connectivity index (χ0v) is 16.3. The normalized spacial score (nSPS) is 17.9. The zero-order chi connectivity index (χ0) is 26.0. The molecule has 0 amide bonds. The van der Waals surface area contributed by atoms with Crippen molar-refractivity contribution in [3.63, 3.8) is 0 Å². The Hall–Kier alpha value is -1.09. The SMILES string of the molecule is CCCC(C(C(F)(F)F)C(CC(COCC)C(F)(F)F)(C(F)(F)F)C(F)(F)F)C(F)(F)F. The molecule has 0 aromatic rings. The Kier molecular flexibility index (Phi) is 9.69. The van der Waals surface area contributed by atoms with E-state index in [1.165, 1.54) is 0 Å². The molecule has 0 saturated carbocycles. The Bertz CT molecular complexity index is 552. The number of hydrogen-bond acceptors (Lipinski definition) is 1. The Morgan fingerprint density at radius 2 is 1.06 bits per heavy atom. The molecular weight excluding hydrogens is 493 g/mol. The van der Waals surface area contributed by atoms with E-state index in [1.54, 1.807) is 0 Å². The Morgan fingerprint density at radius 3 is 1.31 bits per heavy atom. The van der Waals surface area contributed by atoms with Crippen molar-refractivity contribution >= 4 is 0 Å². The molecule has 194 valence electrons. The first-order valence-electron chi connectivity index (χ1n) is 8.89. The molecule has 0 radical (unpaired) electrons. The lowest BCUT2D eigenvalue weighted by atomic mass is 9.62. The average Bonchev–Trinajstić information content (AvgIpc) is 2.50. The molecule has 32 heavy (non-hydrogen) atoms. The lowest BCUT2D eigenvalue weighted by Crippen LogP contribution is -2.63. The summed E-state index contributed by atoms with van der Waals surface area (Å²) < 4.78 is 207. The first-order valence-corrected chi connectivity index (χ1v) is 8.89. The highest BCUT2D eigenvalue weighted by atomic mass is 19.4. The van der Waals surface area contributed by atoms with Crippen molar-refractivity contribution in [2.75, 3.05) is 13.2 Å². The molecule has 0 aliphatic rings. The molecule has 0 heterocycles. The number of ether oxygens (including phenoxy) is 1. The topological polar surface area (TPSA) is 9.23 Å². The molecule has 0 bridgehead atoms. The molecule has 3 atom stereocenters. The first-order chi connectivity index (χ1) is 14.0. The molecule has 0 N–H and O–H groups in total. The maximum Gasteiger partial charge on any atom is 0.403 e. The van der Waals surface area contributed by atoms with Gasteiger partial charge in [-0.3, -0.25) is 0 Å². The van der Waals surface area contributed by atoms with Gasteiger partial charge in [0.05, 0.1) is 24.4 Å². The molecule has 1 nitrogen and oxygen atoms in total. The maximum absolute atomic E-state index is 13.7. The van der Waals surface area contributed by atoms with E-state index in [1.807, 2.05) is 0 Å². The standard InChI is InChI=1S/C16H19F15O/c1-3-5-9(13(20,21)22)10(14(23,24)25)11(15(26,27)28,16(29,30)31)6-8(7-32-4-2)12(17,18)19/h8-10H,3-7H2,1-2H3. The summed E-state index contributed by atoms with van der Waals surface area (Å²) in [7, 11) is 0. The number of halogens is 15. The van der Waals surface area contributed by atoms with Gasteiger partial charge in [0.1, 0.15) is 0 Å². The molecule has 0 aliphatic heterocycles. The number of hydrogen-bond donors (Lipinski definition) is 0. The Labute approximate surface area is 172 Å². The van der Waals surface area contributed by atoms with Gasteiger partial charge >= 0.3 is 30.9 Å². The second-order valence-electron chi connectivity index (χ2n) is 7.03. The summed E-state index contributed by atoms with van der Waals surface area (Å²) in [5, 5.41) is 0. The minimum absolute atomic E-state index is 0.665. The molecule has 3 unspecified atom stereocenters. The smallest absolute Gasteiger partial charge is 0.381 e. The van der Waals surface area contributed by atoms with Crippen LogP contribution in [0.3, 0.4) is 0 Å². The summed E-state index contributed by atoms with van der Waals surface area (Å²) in [5.74, 6) is -13.3. The summed E-state index contributed by atoms with van der Waals surface area (Å²) in [6.45, 7) is -0.819. The Morgan fingerprint density at radius 1 is 0.625 bits per heavy atom. The van der Waals surface area contributed by atoms with Gasteiger partial charge in [0.2, 0.25) is 0 Å². The van der Waals surface area contributed by atoms with Crippen molar-refractivity contribution in [1.82, 2.24) is 0 Å². The van der Waals surface area contributed by atoms with Crippen LogP contribution in [-0.2, 0) is 4.74 Å². The van der Waals surface area contributed by atoms with Crippen molar-refractivity contribution in [2.45, 2.75) is 64.0 Å². The van der Waals surface area contributed by atoms with E-state index in [0.29, 0.717) is 0 Å². The van der Waals surface area contributed by atoms with E-state index in [9.17, 15) is 65.9 Å². The van der Waals surface area contributed by atoms with Crippen LogP contribution in [0.15, 0.2) is 0 Å². The minimum Gasteiger partial charge on any atom is -0.381 e.